The average molecular weight is 183 g/mol. The summed E-state index contributed by atoms with van der Waals surface area (Å²) in [4.78, 5) is 11.6. The molecule has 0 spiro atoms. The molecule has 1 saturated heterocycles. The molecule has 1 fully saturated rings. The molecule has 1 aliphatic heterocycles. The van der Waals surface area contributed by atoms with Gasteiger partial charge in [0.05, 0.1) is 19.3 Å². The van der Waals surface area contributed by atoms with Crippen LogP contribution in [0.5, 0.6) is 0 Å². The smallest absolute Gasteiger partial charge is 0.156 e. The lowest BCUT2D eigenvalue weighted by Crippen LogP contribution is -2.46. The minimum Gasteiger partial charge on any atom is -0.378 e. The molecule has 1 rings (SSSR count). The van der Waals surface area contributed by atoms with Crippen molar-refractivity contribution in [2.75, 3.05) is 19.8 Å². The maximum absolute atomic E-state index is 11.6. The molecule has 0 amide bonds. The van der Waals surface area contributed by atoms with Crippen LogP contribution in [0, 0.1) is 0 Å². The van der Waals surface area contributed by atoms with Crippen molar-refractivity contribution in [3.63, 3.8) is 0 Å². The summed E-state index contributed by atoms with van der Waals surface area (Å²) in [5.41, 5.74) is 0.998. The molecule has 1 aliphatic rings. The van der Waals surface area contributed by atoms with E-state index in [1.807, 2.05) is 6.92 Å². The van der Waals surface area contributed by atoms with Gasteiger partial charge in [0.2, 0.25) is 0 Å². The van der Waals surface area contributed by atoms with E-state index in [1.165, 1.54) is 0 Å². The van der Waals surface area contributed by atoms with Gasteiger partial charge < -0.3 is 10.1 Å². The second-order valence-electron chi connectivity index (χ2n) is 3.33. The molecule has 0 radical (unpaired) electrons. The van der Waals surface area contributed by atoms with Gasteiger partial charge in [-0.1, -0.05) is 19.1 Å². The molecule has 0 bridgehead atoms. The first kappa shape index (κ1) is 10.4. The Morgan fingerprint density at radius 3 is 3.00 bits per heavy atom. The van der Waals surface area contributed by atoms with E-state index in [0.717, 1.165) is 18.5 Å². The van der Waals surface area contributed by atoms with Crippen LogP contribution >= 0.6 is 0 Å². The molecule has 0 aliphatic carbocycles. The summed E-state index contributed by atoms with van der Waals surface area (Å²) in [6.07, 6.45) is 1.36. The van der Waals surface area contributed by atoms with E-state index in [0.29, 0.717) is 19.6 Å². The Kier molecular flexibility index (Phi) is 4.12. The average Bonchev–Trinajstić information content (AvgIpc) is 2.19. The van der Waals surface area contributed by atoms with Gasteiger partial charge in [-0.15, -0.1) is 0 Å². The van der Waals surface area contributed by atoms with Gasteiger partial charge in [0.25, 0.3) is 0 Å². The monoisotopic (exact) mass is 183 g/mol. The van der Waals surface area contributed by atoms with E-state index in [-0.39, 0.29) is 11.8 Å². The Morgan fingerprint density at radius 1 is 1.69 bits per heavy atom. The van der Waals surface area contributed by atoms with E-state index in [1.54, 1.807) is 0 Å². The second kappa shape index (κ2) is 5.14. The van der Waals surface area contributed by atoms with E-state index in [9.17, 15) is 4.79 Å². The largest absolute Gasteiger partial charge is 0.378 e. The van der Waals surface area contributed by atoms with E-state index >= 15 is 0 Å². The number of rotatable bonds is 4. The van der Waals surface area contributed by atoms with E-state index in [4.69, 9.17) is 4.74 Å². The molecular formula is C10H17NO2. The SMILES string of the molecule is C=C(CC)CC(=O)C1COCCN1. The first-order chi connectivity index (χ1) is 6.24. The number of ether oxygens (including phenoxy) is 1. The number of carbonyl (C=O) groups is 1. The summed E-state index contributed by atoms with van der Waals surface area (Å²) in [7, 11) is 0. The highest BCUT2D eigenvalue weighted by molar-refractivity contribution is 5.86. The summed E-state index contributed by atoms with van der Waals surface area (Å²) in [5, 5.41) is 3.13. The Morgan fingerprint density at radius 2 is 2.46 bits per heavy atom. The number of carbonyl (C=O) groups excluding carboxylic acids is 1. The minimum atomic E-state index is -0.114. The van der Waals surface area contributed by atoms with Crippen LogP contribution in [-0.4, -0.2) is 31.6 Å². The number of nitrogens with one attached hydrogen (secondary N) is 1. The van der Waals surface area contributed by atoms with Crippen LogP contribution in [0.1, 0.15) is 19.8 Å². The number of Topliss-reactive ketones (excluding diaryl/α,β-unsaturated/α-hetero) is 1. The highest BCUT2D eigenvalue weighted by Gasteiger charge is 2.20. The van der Waals surface area contributed by atoms with Crippen LogP contribution in [-0.2, 0) is 9.53 Å². The molecule has 74 valence electrons. The molecule has 1 atom stereocenters. The van der Waals surface area contributed by atoms with Gasteiger partial charge in [-0.25, -0.2) is 0 Å². The lowest BCUT2D eigenvalue weighted by Gasteiger charge is -2.22. The van der Waals surface area contributed by atoms with Crippen LogP contribution in [0.15, 0.2) is 12.2 Å². The predicted octanol–water partition coefficient (Wildman–Crippen LogP) is 0.900. The first-order valence-electron chi connectivity index (χ1n) is 4.74. The Labute approximate surface area is 79.2 Å². The number of allylic oxidation sites excluding steroid dienone is 1. The number of hydrogen-bond donors (Lipinski definition) is 1. The van der Waals surface area contributed by atoms with Crippen molar-refractivity contribution >= 4 is 5.78 Å². The molecule has 1 heterocycles. The van der Waals surface area contributed by atoms with Crippen LogP contribution in [0.25, 0.3) is 0 Å². The first-order valence-corrected chi connectivity index (χ1v) is 4.74. The van der Waals surface area contributed by atoms with E-state index in [2.05, 4.69) is 11.9 Å². The lowest BCUT2D eigenvalue weighted by atomic mass is 10.0. The molecule has 1 N–H and O–H groups in total. The molecule has 0 aromatic carbocycles. The van der Waals surface area contributed by atoms with Gasteiger partial charge in [-0.05, 0) is 6.42 Å². The van der Waals surface area contributed by atoms with Gasteiger partial charge in [0, 0.05) is 13.0 Å². The fourth-order valence-electron chi connectivity index (χ4n) is 1.27. The maximum Gasteiger partial charge on any atom is 0.156 e. The normalized spacial score (nSPS) is 22.7. The molecule has 0 aromatic heterocycles. The minimum absolute atomic E-state index is 0.114. The Bertz CT molecular complexity index is 195. The zero-order valence-electron chi connectivity index (χ0n) is 8.14. The number of ketones is 1. The highest BCUT2D eigenvalue weighted by atomic mass is 16.5. The van der Waals surface area contributed by atoms with Crippen molar-refractivity contribution in [3.8, 4) is 0 Å². The number of morpholine rings is 1. The van der Waals surface area contributed by atoms with Crippen LogP contribution in [0.4, 0.5) is 0 Å². The molecule has 3 heteroatoms. The van der Waals surface area contributed by atoms with Crippen molar-refractivity contribution in [1.82, 2.24) is 5.32 Å². The zero-order chi connectivity index (χ0) is 9.68. The summed E-state index contributed by atoms with van der Waals surface area (Å²) in [6, 6.07) is -0.114. The number of hydrogen-bond acceptors (Lipinski definition) is 3. The standard InChI is InChI=1S/C10H17NO2/c1-3-8(2)6-10(12)9-7-13-5-4-11-9/h9,11H,2-7H2,1H3. The van der Waals surface area contributed by atoms with Gasteiger partial charge in [-0.3, -0.25) is 4.79 Å². The Hall–Kier alpha value is -0.670. The van der Waals surface area contributed by atoms with Crippen LogP contribution < -0.4 is 5.32 Å². The van der Waals surface area contributed by atoms with Crippen molar-refractivity contribution in [1.29, 1.82) is 0 Å². The molecule has 0 saturated carbocycles. The molecule has 13 heavy (non-hydrogen) atoms. The van der Waals surface area contributed by atoms with Crippen molar-refractivity contribution < 1.29 is 9.53 Å². The van der Waals surface area contributed by atoms with Crippen molar-refractivity contribution in [2.45, 2.75) is 25.8 Å². The lowest BCUT2D eigenvalue weighted by molar-refractivity contribution is -0.123. The van der Waals surface area contributed by atoms with Gasteiger partial charge in [0.1, 0.15) is 0 Å². The third-order valence-corrected chi connectivity index (χ3v) is 2.23. The van der Waals surface area contributed by atoms with Crippen molar-refractivity contribution in [2.24, 2.45) is 0 Å². The highest BCUT2D eigenvalue weighted by Crippen LogP contribution is 2.07. The second-order valence-corrected chi connectivity index (χ2v) is 3.33. The summed E-state index contributed by atoms with van der Waals surface area (Å²) >= 11 is 0. The van der Waals surface area contributed by atoms with Gasteiger partial charge >= 0.3 is 0 Å². The van der Waals surface area contributed by atoms with Gasteiger partial charge in [-0.2, -0.15) is 0 Å². The van der Waals surface area contributed by atoms with Gasteiger partial charge in [0.15, 0.2) is 5.78 Å². The fraction of sp³-hybridized carbons (Fsp3) is 0.700. The maximum atomic E-state index is 11.6. The zero-order valence-corrected chi connectivity index (χ0v) is 8.14. The third kappa shape index (κ3) is 3.28. The molecular weight excluding hydrogens is 166 g/mol. The quantitative estimate of drug-likeness (QED) is 0.658. The molecule has 1 unspecified atom stereocenters. The van der Waals surface area contributed by atoms with Crippen LogP contribution in [0.2, 0.25) is 0 Å². The summed E-state index contributed by atoms with van der Waals surface area (Å²) < 4.78 is 5.21. The fourth-order valence-corrected chi connectivity index (χ4v) is 1.27. The topological polar surface area (TPSA) is 38.3 Å². The third-order valence-electron chi connectivity index (χ3n) is 2.23. The summed E-state index contributed by atoms with van der Waals surface area (Å²) in [6.45, 7) is 7.82. The van der Waals surface area contributed by atoms with E-state index < -0.39 is 0 Å². The predicted molar refractivity (Wildman–Crippen MR) is 51.7 cm³/mol. The molecule has 0 aromatic rings. The summed E-state index contributed by atoms with van der Waals surface area (Å²) in [5.74, 6) is 0.201. The van der Waals surface area contributed by atoms with Crippen LogP contribution in [0.3, 0.4) is 0 Å². The molecule has 3 nitrogen and oxygen atoms in total. The Balaban J connectivity index is 2.33. The van der Waals surface area contributed by atoms with Crippen molar-refractivity contribution in [3.05, 3.63) is 12.2 Å².